The van der Waals surface area contributed by atoms with Gasteiger partial charge >= 0.3 is 0 Å². The van der Waals surface area contributed by atoms with Gasteiger partial charge in [-0.3, -0.25) is 0 Å². The van der Waals surface area contributed by atoms with Crippen molar-refractivity contribution >= 4 is 39.4 Å². The molecule has 0 heterocycles. The summed E-state index contributed by atoms with van der Waals surface area (Å²) in [6.07, 6.45) is 4.06. The topological polar surface area (TPSA) is 24.7 Å². The molecule has 0 unspecified atom stereocenters. The van der Waals surface area contributed by atoms with Crippen LogP contribution in [0, 0.1) is 6.92 Å². The fourth-order valence-corrected chi connectivity index (χ4v) is 2.77. The molecule has 108 valence electrons. The molecule has 0 amide bonds. The Balaban J connectivity index is 2.45. The second-order valence-electron chi connectivity index (χ2n) is 4.42. The van der Waals surface area contributed by atoms with Crippen molar-refractivity contribution in [3.05, 3.63) is 65.7 Å². The number of aryl methyl sites for hydroxylation is 1. The molecule has 0 bridgehead atoms. The van der Waals surface area contributed by atoms with Crippen molar-refractivity contribution in [1.29, 1.82) is 0 Å². The van der Waals surface area contributed by atoms with Crippen molar-refractivity contribution in [3.8, 4) is 0 Å². The fourth-order valence-electron chi connectivity index (χ4n) is 1.74. The third-order valence-electron chi connectivity index (χ3n) is 2.85. The van der Waals surface area contributed by atoms with E-state index < -0.39 is 0 Å². The van der Waals surface area contributed by atoms with E-state index >= 15 is 0 Å². The maximum Gasteiger partial charge on any atom is 0.161 e. The monoisotopic (exact) mass is 314 g/mol. The summed E-state index contributed by atoms with van der Waals surface area (Å²) < 4.78 is 1.00. The molecular formula is C17H18N2S2. The predicted octanol–water partition coefficient (Wildman–Crippen LogP) is 5.16. The SMILES string of the molecule is CSC(=NC(=Nc1ccc(C)cc1)c1ccccc1)SC. The number of aliphatic imine (C=N–C) groups is 2. The van der Waals surface area contributed by atoms with Crippen LogP contribution in [0.25, 0.3) is 0 Å². The van der Waals surface area contributed by atoms with Crippen LogP contribution in [0.2, 0.25) is 0 Å². The van der Waals surface area contributed by atoms with Crippen molar-refractivity contribution in [2.75, 3.05) is 12.5 Å². The second-order valence-corrected chi connectivity index (χ2v) is 6.27. The fraction of sp³-hybridized carbons (Fsp3) is 0.176. The molecule has 0 spiro atoms. The van der Waals surface area contributed by atoms with Crippen LogP contribution < -0.4 is 0 Å². The van der Waals surface area contributed by atoms with Gasteiger partial charge < -0.3 is 0 Å². The number of amidine groups is 1. The largest absolute Gasteiger partial charge is 0.229 e. The Morgan fingerprint density at radius 3 is 2.05 bits per heavy atom. The van der Waals surface area contributed by atoms with Crippen molar-refractivity contribution in [2.45, 2.75) is 6.92 Å². The quantitative estimate of drug-likeness (QED) is 0.565. The number of nitrogens with zero attached hydrogens (tertiary/aromatic N) is 2. The molecule has 0 aliphatic carbocycles. The molecule has 2 nitrogen and oxygen atoms in total. The minimum absolute atomic E-state index is 0.748. The van der Waals surface area contributed by atoms with Crippen LogP contribution in [0.1, 0.15) is 11.1 Å². The molecule has 0 aliphatic rings. The standard InChI is InChI=1S/C17H18N2S2/c1-13-9-11-15(12-10-13)18-16(19-17(20-2)21-3)14-7-5-4-6-8-14/h4-12H,1-3H3. The van der Waals surface area contributed by atoms with Crippen LogP contribution in [-0.2, 0) is 0 Å². The van der Waals surface area contributed by atoms with E-state index in [4.69, 9.17) is 9.98 Å². The van der Waals surface area contributed by atoms with E-state index in [0.717, 1.165) is 21.5 Å². The lowest BCUT2D eigenvalue weighted by Gasteiger charge is -2.04. The Hall–Kier alpha value is -1.52. The van der Waals surface area contributed by atoms with Crippen LogP contribution in [0.3, 0.4) is 0 Å². The van der Waals surface area contributed by atoms with Gasteiger partial charge in [0.2, 0.25) is 0 Å². The molecule has 0 radical (unpaired) electrons. The molecule has 0 atom stereocenters. The summed E-state index contributed by atoms with van der Waals surface area (Å²) in [7, 11) is 0. The number of hydrogen-bond donors (Lipinski definition) is 0. The third kappa shape index (κ3) is 4.76. The lowest BCUT2D eigenvalue weighted by Crippen LogP contribution is -1.99. The first kappa shape index (κ1) is 15.9. The van der Waals surface area contributed by atoms with Crippen LogP contribution in [0.15, 0.2) is 64.6 Å². The predicted molar refractivity (Wildman–Crippen MR) is 98.3 cm³/mol. The van der Waals surface area contributed by atoms with E-state index in [1.807, 2.05) is 55.0 Å². The summed E-state index contributed by atoms with van der Waals surface area (Å²) in [4.78, 5) is 9.40. The summed E-state index contributed by atoms with van der Waals surface area (Å²) in [6, 6.07) is 18.3. The summed E-state index contributed by atoms with van der Waals surface area (Å²) in [5.41, 5.74) is 3.18. The van der Waals surface area contributed by atoms with Crippen LogP contribution in [0.5, 0.6) is 0 Å². The Labute approximate surface area is 134 Å². The minimum Gasteiger partial charge on any atom is -0.229 e. The number of hydrogen-bond acceptors (Lipinski definition) is 3. The molecule has 2 aromatic rings. The van der Waals surface area contributed by atoms with Gasteiger partial charge in [0.05, 0.1) is 5.69 Å². The highest BCUT2D eigenvalue weighted by Gasteiger charge is 2.04. The number of thioether (sulfide) groups is 2. The van der Waals surface area contributed by atoms with Crippen molar-refractivity contribution in [3.63, 3.8) is 0 Å². The third-order valence-corrected chi connectivity index (χ3v) is 4.73. The first-order chi connectivity index (χ1) is 10.2. The van der Waals surface area contributed by atoms with Gasteiger partial charge in [0.25, 0.3) is 0 Å². The molecule has 0 N–H and O–H groups in total. The highest BCUT2D eigenvalue weighted by molar-refractivity contribution is 8.38. The first-order valence-electron chi connectivity index (χ1n) is 6.60. The smallest absolute Gasteiger partial charge is 0.161 e. The highest BCUT2D eigenvalue weighted by atomic mass is 32.2. The van der Waals surface area contributed by atoms with Gasteiger partial charge in [-0.1, -0.05) is 48.0 Å². The zero-order valence-electron chi connectivity index (χ0n) is 12.4. The van der Waals surface area contributed by atoms with Crippen LogP contribution >= 0.6 is 23.5 Å². The molecule has 0 aliphatic heterocycles. The average molecular weight is 314 g/mol. The van der Waals surface area contributed by atoms with E-state index in [0.29, 0.717) is 0 Å². The molecule has 2 rings (SSSR count). The Morgan fingerprint density at radius 2 is 1.48 bits per heavy atom. The Bertz CT molecular complexity index is 626. The Morgan fingerprint density at radius 1 is 0.857 bits per heavy atom. The van der Waals surface area contributed by atoms with Gasteiger partial charge in [0.15, 0.2) is 5.84 Å². The molecule has 4 heteroatoms. The van der Waals surface area contributed by atoms with Gasteiger partial charge in [-0.15, -0.1) is 23.5 Å². The second kappa shape index (κ2) is 8.05. The van der Waals surface area contributed by atoms with Crippen molar-refractivity contribution < 1.29 is 0 Å². The maximum atomic E-state index is 4.71. The summed E-state index contributed by atoms with van der Waals surface area (Å²) in [5, 5.41) is 0. The van der Waals surface area contributed by atoms with Crippen molar-refractivity contribution in [1.82, 2.24) is 0 Å². The summed E-state index contributed by atoms with van der Waals surface area (Å²) >= 11 is 3.28. The zero-order valence-corrected chi connectivity index (χ0v) is 14.0. The first-order valence-corrected chi connectivity index (χ1v) is 9.05. The minimum atomic E-state index is 0.748. The maximum absolute atomic E-state index is 4.71. The van der Waals surface area contributed by atoms with Gasteiger partial charge in [-0.05, 0) is 31.6 Å². The van der Waals surface area contributed by atoms with Gasteiger partial charge in [0, 0.05) is 5.56 Å². The molecule has 2 aromatic carbocycles. The van der Waals surface area contributed by atoms with E-state index in [1.165, 1.54) is 5.56 Å². The number of benzene rings is 2. The summed E-state index contributed by atoms with van der Waals surface area (Å²) in [6.45, 7) is 2.07. The van der Waals surface area contributed by atoms with Gasteiger partial charge in [0.1, 0.15) is 4.38 Å². The van der Waals surface area contributed by atoms with Gasteiger partial charge in [-0.25, -0.2) is 9.98 Å². The van der Waals surface area contributed by atoms with E-state index in [-0.39, 0.29) is 0 Å². The van der Waals surface area contributed by atoms with E-state index in [1.54, 1.807) is 23.5 Å². The molecule has 0 fully saturated rings. The lowest BCUT2D eigenvalue weighted by atomic mass is 10.2. The molecular weight excluding hydrogens is 296 g/mol. The van der Waals surface area contributed by atoms with E-state index in [9.17, 15) is 0 Å². The van der Waals surface area contributed by atoms with Crippen molar-refractivity contribution in [2.24, 2.45) is 9.98 Å². The highest BCUT2D eigenvalue weighted by Crippen LogP contribution is 2.18. The molecule has 0 aromatic heterocycles. The van der Waals surface area contributed by atoms with Gasteiger partial charge in [-0.2, -0.15) is 0 Å². The lowest BCUT2D eigenvalue weighted by molar-refractivity contribution is 1.41. The summed E-state index contributed by atoms with van der Waals surface area (Å²) in [5.74, 6) is 0.748. The van der Waals surface area contributed by atoms with Crippen LogP contribution in [-0.4, -0.2) is 22.7 Å². The average Bonchev–Trinajstić information content (AvgIpc) is 2.54. The van der Waals surface area contributed by atoms with E-state index in [2.05, 4.69) is 19.1 Å². The Kier molecular flexibility index (Phi) is 6.08. The molecule has 0 saturated carbocycles. The zero-order chi connectivity index (χ0) is 15.1. The normalized spacial score (nSPS) is 11.3. The number of rotatable bonds is 2. The molecule has 21 heavy (non-hydrogen) atoms. The molecule has 0 saturated heterocycles. The van der Waals surface area contributed by atoms with Crippen LogP contribution in [0.4, 0.5) is 5.69 Å².